The number of imidazole rings is 1. The zero-order chi connectivity index (χ0) is 13.2. The Morgan fingerprint density at radius 2 is 2.37 bits per heavy atom. The van der Waals surface area contributed by atoms with Gasteiger partial charge in [0.05, 0.1) is 17.6 Å². The zero-order valence-corrected chi connectivity index (χ0v) is 12.4. The van der Waals surface area contributed by atoms with Crippen LogP contribution < -0.4 is 5.32 Å². The van der Waals surface area contributed by atoms with Crippen LogP contribution in [0.5, 0.6) is 0 Å². The van der Waals surface area contributed by atoms with Crippen molar-refractivity contribution < 1.29 is 5.11 Å². The Hall–Kier alpha value is -0.910. The Morgan fingerprint density at radius 3 is 3.11 bits per heavy atom. The van der Waals surface area contributed by atoms with Gasteiger partial charge in [0.2, 0.25) is 0 Å². The zero-order valence-electron chi connectivity index (χ0n) is 10.8. The highest BCUT2D eigenvalue weighted by Gasteiger charge is 2.18. The topological polar surface area (TPSA) is 50.1 Å². The Kier molecular flexibility index (Phi) is 3.86. The molecule has 1 atom stereocenters. The summed E-state index contributed by atoms with van der Waals surface area (Å²) in [6.45, 7) is 3.32. The van der Waals surface area contributed by atoms with Crippen molar-refractivity contribution in [1.29, 1.82) is 0 Å². The van der Waals surface area contributed by atoms with E-state index in [1.54, 1.807) is 0 Å². The van der Waals surface area contributed by atoms with Gasteiger partial charge in [-0.25, -0.2) is 4.98 Å². The second-order valence-electron chi connectivity index (χ2n) is 5.10. The molecule has 1 unspecified atom stereocenters. The third-order valence-electron chi connectivity index (χ3n) is 3.73. The van der Waals surface area contributed by atoms with Crippen molar-refractivity contribution in [1.82, 2.24) is 14.9 Å². The first-order chi connectivity index (χ1) is 9.28. The minimum absolute atomic E-state index is 0.146. The molecule has 1 saturated heterocycles. The van der Waals surface area contributed by atoms with E-state index < -0.39 is 0 Å². The van der Waals surface area contributed by atoms with Crippen LogP contribution in [0.3, 0.4) is 0 Å². The van der Waals surface area contributed by atoms with E-state index in [2.05, 4.69) is 42.9 Å². The number of nitrogens with one attached hydrogen (secondary N) is 1. The predicted octanol–water partition coefficient (Wildman–Crippen LogP) is 1.94. The standard InChI is InChI=1S/C14H18BrN3O/c15-11-1-2-13-12(7-11)17-14(4-6-19)18(13)9-10-3-5-16-8-10/h1-2,7,10,16,19H,3-6,8-9H2. The third-order valence-corrected chi connectivity index (χ3v) is 4.22. The van der Waals surface area contributed by atoms with Crippen LogP contribution >= 0.6 is 15.9 Å². The van der Waals surface area contributed by atoms with Crippen LogP contribution in [0.15, 0.2) is 22.7 Å². The summed E-state index contributed by atoms with van der Waals surface area (Å²) in [6.07, 6.45) is 1.83. The van der Waals surface area contributed by atoms with Crippen molar-refractivity contribution in [3.63, 3.8) is 0 Å². The number of aromatic nitrogens is 2. The lowest BCUT2D eigenvalue weighted by atomic mass is 10.1. The van der Waals surface area contributed by atoms with Crippen molar-refractivity contribution in [3.05, 3.63) is 28.5 Å². The fourth-order valence-corrected chi connectivity index (χ4v) is 3.12. The molecule has 1 aromatic heterocycles. The Morgan fingerprint density at radius 1 is 1.47 bits per heavy atom. The molecular weight excluding hydrogens is 306 g/mol. The molecule has 1 aliphatic heterocycles. The van der Waals surface area contributed by atoms with Crippen molar-refractivity contribution in [2.45, 2.75) is 19.4 Å². The number of benzene rings is 1. The van der Waals surface area contributed by atoms with Crippen LogP contribution in [-0.2, 0) is 13.0 Å². The van der Waals surface area contributed by atoms with Gasteiger partial charge in [-0.1, -0.05) is 15.9 Å². The highest BCUT2D eigenvalue weighted by Crippen LogP contribution is 2.23. The lowest BCUT2D eigenvalue weighted by Crippen LogP contribution is -2.16. The van der Waals surface area contributed by atoms with Crippen LogP contribution in [0, 0.1) is 5.92 Å². The molecule has 0 radical (unpaired) electrons. The number of hydrogen-bond acceptors (Lipinski definition) is 3. The average Bonchev–Trinajstić information content (AvgIpc) is 2.99. The molecule has 2 heterocycles. The molecule has 4 nitrogen and oxygen atoms in total. The summed E-state index contributed by atoms with van der Waals surface area (Å²) in [7, 11) is 0. The molecule has 19 heavy (non-hydrogen) atoms. The van der Waals surface area contributed by atoms with Gasteiger partial charge in [-0.15, -0.1) is 0 Å². The minimum atomic E-state index is 0.146. The van der Waals surface area contributed by atoms with E-state index in [1.165, 1.54) is 11.9 Å². The molecule has 102 valence electrons. The van der Waals surface area contributed by atoms with Crippen molar-refractivity contribution in [2.75, 3.05) is 19.7 Å². The highest BCUT2D eigenvalue weighted by molar-refractivity contribution is 9.10. The molecule has 0 saturated carbocycles. The molecule has 0 aliphatic carbocycles. The van der Waals surface area contributed by atoms with E-state index in [0.717, 1.165) is 35.4 Å². The summed E-state index contributed by atoms with van der Waals surface area (Å²) in [5, 5.41) is 12.6. The SMILES string of the molecule is OCCc1nc2cc(Br)ccc2n1CC1CCNC1. The van der Waals surface area contributed by atoms with Crippen molar-refractivity contribution in [3.8, 4) is 0 Å². The minimum Gasteiger partial charge on any atom is -0.396 e. The molecule has 0 amide bonds. The first-order valence-electron chi connectivity index (χ1n) is 6.74. The van der Waals surface area contributed by atoms with E-state index >= 15 is 0 Å². The molecular formula is C14H18BrN3O. The number of rotatable bonds is 4. The first-order valence-corrected chi connectivity index (χ1v) is 7.53. The smallest absolute Gasteiger partial charge is 0.112 e. The highest BCUT2D eigenvalue weighted by atomic mass is 79.9. The maximum atomic E-state index is 9.21. The summed E-state index contributed by atoms with van der Waals surface area (Å²) in [6, 6.07) is 6.20. The van der Waals surface area contributed by atoms with Crippen LogP contribution in [0.2, 0.25) is 0 Å². The maximum absolute atomic E-state index is 9.21. The number of hydrogen-bond donors (Lipinski definition) is 2. The Labute approximate surface area is 121 Å². The van der Waals surface area contributed by atoms with Crippen molar-refractivity contribution >= 4 is 27.0 Å². The molecule has 0 spiro atoms. The summed E-state index contributed by atoms with van der Waals surface area (Å²) in [4.78, 5) is 4.66. The van der Waals surface area contributed by atoms with Crippen LogP contribution in [0.1, 0.15) is 12.2 Å². The fraction of sp³-hybridized carbons (Fsp3) is 0.500. The van der Waals surface area contributed by atoms with Crippen molar-refractivity contribution in [2.24, 2.45) is 5.92 Å². The van der Waals surface area contributed by atoms with Crippen LogP contribution in [0.25, 0.3) is 11.0 Å². The van der Waals surface area contributed by atoms with Gasteiger partial charge in [-0.3, -0.25) is 0 Å². The van der Waals surface area contributed by atoms with Gasteiger partial charge >= 0.3 is 0 Å². The number of aliphatic hydroxyl groups is 1. The molecule has 1 fully saturated rings. The molecule has 1 aliphatic rings. The molecule has 3 rings (SSSR count). The predicted molar refractivity (Wildman–Crippen MR) is 79.2 cm³/mol. The largest absolute Gasteiger partial charge is 0.396 e. The molecule has 5 heteroatoms. The number of aliphatic hydroxyl groups excluding tert-OH is 1. The second-order valence-corrected chi connectivity index (χ2v) is 6.02. The second kappa shape index (κ2) is 5.61. The number of nitrogens with zero attached hydrogens (tertiary/aromatic N) is 2. The Balaban J connectivity index is 2.00. The lowest BCUT2D eigenvalue weighted by Gasteiger charge is -2.13. The molecule has 1 aromatic carbocycles. The number of fused-ring (bicyclic) bond motifs is 1. The molecule has 2 aromatic rings. The van der Waals surface area contributed by atoms with E-state index in [1.807, 2.05) is 6.07 Å². The maximum Gasteiger partial charge on any atom is 0.112 e. The van der Waals surface area contributed by atoms with Gasteiger partial charge in [-0.05, 0) is 43.6 Å². The van der Waals surface area contributed by atoms with E-state index in [0.29, 0.717) is 12.3 Å². The Bertz CT molecular complexity index is 575. The first kappa shape index (κ1) is 13.1. The van der Waals surface area contributed by atoms with E-state index in [-0.39, 0.29) is 6.61 Å². The quantitative estimate of drug-likeness (QED) is 0.904. The van der Waals surface area contributed by atoms with Gasteiger partial charge in [0.15, 0.2) is 0 Å². The number of halogens is 1. The van der Waals surface area contributed by atoms with Crippen LogP contribution in [0.4, 0.5) is 0 Å². The normalized spacial score (nSPS) is 19.4. The monoisotopic (exact) mass is 323 g/mol. The van der Waals surface area contributed by atoms with Gasteiger partial charge in [0.25, 0.3) is 0 Å². The van der Waals surface area contributed by atoms with E-state index in [4.69, 9.17) is 0 Å². The molecule has 0 bridgehead atoms. The van der Waals surface area contributed by atoms with Gasteiger partial charge < -0.3 is 15.0 Å². The van der Waals surface area contributed by atoms with E-state index in [9.17, 15) is 5.11 Å². The van der Waals surface area contributed by atoms with Gasteiger partial charge in [0, 0.05) is 17.4 Å². The molecule has 2 N–H and O–H groups in total. The van der Waals surface area contributed by atoms with Gasteiger partial charge in [-0.2, -0.15) is 0 Å². The van der Waals surface area contributed by atoms with Crippen LogP contribution in [-0.4, -0.2) is 34.4 Å². The van der Waals surface area contributed by atoms with Gasteiger partial charge in [0.1, 0.15) is 5.82 Å². The third kappa shape index (κ3) is 2.68. The fourth-order valence-electron chi connectivity index (χ4n) is 2.78. The summed E-state index contributed by atoms with van der Waals surface area (Å²) >= 11 is 3.48. The average molecular weight is 324 g/mol. The summed E-state index contributed by atoms with van der Waals surface area (Å²) in [5.41, 5.74) is 2.17. The summed E-state index contributed by atoms with van der Waals surface area (Å²) in [5.74, 6) is 1.65. The summed E-state index contributed by atoms with van der Waals surface area (Å²) < 4.78 is 3.32. The lowest BCUT2D eigenvalue weighted by molar-refractivity contribution is 0.293.